The summed E-state index contributed by atoms with van der Waals surface area (Å²) in [6.07, 6.45) is 3.52. The van der Waals surface area contributed by atoms with E-state index in [4.69, 9.17) is 16.7 Å². The second kappa shape index (κ2) is 5.57. The van der Waals surface area contributed by atoms with Crippen LogP contribution in [0.15, 0.2) is 12.1 Å². The number of carboxylic acids is 1. The first-order valence-corrected chi connectivity index (χ1v) is 6.63. The summed E-state index contributed by atoms with van der Waals surface area (Å²) in [6, 6.07) is 2.99. The maximum absolute atomic E-state index is 11.0. The SMILES string of the molecule is CCCN(CC1CC1)c1cc(C(=O)O)cc(Cl)n1. The van der Waals surface area contributed by atoms with E-state index in [2.05, 4.69) is 16.8 Å². The summed E-state index contributed by atoms with van der Waals surface area (Å²) in [5.41, 5.74) is 0.196. The smallest absolute Gasteiger partial charge is 0.335 e. The van der Waals surface area contributed by atoms with E-state index in [-0.39, 0.29) is 10.7 Å². The Morgan fingerprint density at radius 3 is 2.83 bits per heavy atom. The van der Waals surface area contributed by atoms with Gasteiger partial charge in [0, 0.05) is 13.1 Å². The van der Waals surface area contributed by atoms with Gasteiger partial charge in [-0.1, -0.05) is 18.5 Å². The van der Waals surface area contributed by atoms with Crippen molar-refractivity contribution in [2.75, 3.05) is 18.0 Å². The number of hydrogen-bond acceptors (Lipinski definition) is 3. The number of anilines is 1. The molecule has 0 unspecified atom stereocenters. The summed E-state index contributed by atoms with van der Waals surface area (Å²) >= 11 is 5.89. The van der Waals surface area contributed by atoms with E-state index >= 15 is 0 Å². The Kier molecular flexibility index (Phi) is 4.07. The molecule has 1 fully saturated rings. The molecule has 0 atom stereocenters. The molecule has 18 heavy (non-hydrogen) atoms. The van der Waals surface area contributed by atoms with Crippen LogP contribution >= 0.6 is 11.6 Å². The van der Waals surface area contributed by atoms with Gasteiger partial charge in [0.25, 0.3) is 0 Å². The number of carbonyl (C=O) groups is 1. The van der Waals surface area contributed by atoms with E-state index in [9.17, 15) is 4.79 Å². The van der Waals surface area contributed by atoms with Gasteiger partial charge in [-0.3, -0.25) is 0 Å². The van der Waals surface area contributed by atoms with E-state index in [1.54, 1.807) is 6.07 Å². The van der Waals surface area contributed by atoms with Gasteiger partial charge in [-0.05, 0) is 37.3 Å². The third kappa shape index (κ3) is 3.35. The maximum atomic E-state index is 11.0. The van der Waals surface area contributed by atoms with Crippen molar-refractivity contribution in [3.63, 3.8) is 0 Å². The van der Waals surface area contributed by atoms with Crippen molar-refractivity contribution in [1.29, 1.82) is 0 Å². The average molecular weight is 269 g/mol. The van der Waals surface area contributed by atoms with Gasteiger partial charge in [0.1, 0.15) is 11.0 Å². The van der Waals surface area contributed by atoms with E-state index in [0.717, 1.165) is 25.4 Å². The van der Waals surface area contributed by atoms with Gasteiger partial charge in [0.15, 0.2) is 0 Å². The molecule has 0 radical (unpaired) electrons. The topological polar surface area (TPSA) is 53.4 Å². The zero-order chi connectivity index (χ0) is 13.1. The lowest BCUT2D eigenvalue weighted by atomic mass is 10.2. The molecule has 1 aliphatic carbocycles. The van der Waals surface area contributed by atoms with Gasteiger partial charge in [-0.15, -0.1) is 0 Å². The highest BCUT2D eigenvalue weighted by atomic mass is 35.5. The second-order valence-corrected chi connectivity index (χ2v) is 5.12. The first-order chi connectivity index (χ1) is 8.60. The van der Waals surface area contributed by atoms with Crippen molar-refractivity contribution in [1.82, 2.24) is 4.98 Å². The molecule has 4 nitrogen and oxygen atoms in total. The summed E-state index contributed by atoms with van der Waals surface area (Å²) in [6.45, 7) is 3.92. The van der Waals surface area contributed by atoms with Crippen molar-refractivity contribution in [2.24, 2.45) is 5.92 Å². The fourth-order valence-corrected chi connectivity index (χ4v) is 2.15. The molecular formula is C13H17ClN2O2. The van der Waals surface area contributed by atoms with Crippen LogP contribution in [-0.2, 0) is 0 Å². The molecule has 0 spiro atoms. The minimum absolute atomic E-state index is 0.196. The van der Waals surface area contributed by atoms with E-state index in [0.29, 0.717) is 5.82 Å². The van der Waals surface area contributed by atoms with Crippen LogP contribution in [0.3, 0.4) is 0 Å². The predicted molar refractivity (Wildman–Crippen MR) is 71.4 cm³/mol. The van der Waals surface area contributed by atoms with Crippen LogP contribution in [0, 0.1) is 5.92 Å². The Balaban J connectivity index is 2.24. The first kappa shape index (κ1) is 13.1. The summed E-state index contributed by atoms with van der Waals surface area (Å²) in [5, 5.41) is 9.27. The molecule has 1 N–H and O–H groups in total. The van der Waals surface area contributed by atoms with Gasteiger partial charge in [-0.25, -0.2) is 9.78 Å². The van der Waals surface area contributed by atoms with Crippen LogP contribution in [0.1, 0.15) is 36.5 Å². The molecule has 1 aliphatic rings. The Morgan fingerprint density at radius 1 is 1.56 bits per heavy atom. The predicted octanol–water partition coefficient (Wildman–Crippen LogP) is 3.06. The molecule has 0 aromatic carbocycles. The largest absolute Gasteiger partial charge is 0.478 e. The van der Waals surface area contributed by atoms with Crippen LogP contribution in [0.25, 0.3) is 0 Å². The van der Waals surface area contributed by atoms with Crippen molar-refractivity contribution in [2.45, 2.75) is 26.2 Å². The zero-order valence-corrected chi connectivity index (χ0v) is 11.2. The van der Waals surface area contributed by atoms with Crippen LogP contribution in [0.4, 0.5) is 5.82 Å². The fraction of sp³-hybridized carbons (Fsp3) is 0.538. The maximum Gasteiger partial charge on any atom is 0.335 e. The highest BCUT2D eigenvalue weighted by molar-refractivity contribution is 6.29. The molecular weight excluding hydrogens is 252 g/mol. The number of rotatable bonds is 6. The third-order valence-electron chi connectivity index (χ3n) is 3.02. The number of halogens is 1. The van der Waals surface area contributed by atoms with Crippen molar-refractivity contribution < 1.29 is 9.90 Å². The molecule has 0 bridgehead atoms. The van der Waals surface area contributed by atoms with Crippen molar-refractivity contribution in [3.8, 4) is 0 Å². The lowest BCUT2D eigenvalue weighted by Gasteiger charge is -2.23. The van der Waals surface area contributed by atoms with Crippen molar-refractivity contribution in [3.05, 3.63) is 22.8 Å². The molecule has 1 aromatic heterocycles. The third-order valence-corrected chi connectivity index (χ3v) is 3.21. The standard InChI is InChI=1S/C13H17ClN2O2/c1-2-5-16(8-9-3-4-9)12-7-10(13(17)18)6-11(14)15-12/h6-7,9H,2-5,8H2,1H3,(H,17,18). The summed E-state index contributed by atoms with van der Waals surface area (Å²) in [4.78, 5) is 17.4. The van der Waals surface area contributed by atoms with Gasteiger partial charge in [-0.2, -0.15) is 0 Å². The number of hydrogen-bond donors (Lipinski definition) is 1. The van der Waals surface area contributed by atoms with Crippen LogP contribution in [0.5, 0.6) is 0 Å². The number of carboxylic acid groups (broad SMARTS) is 1. The number of aromatic nitrogens is 1. The van der Waals surface area contributed by atoms with E-state index < -0.39 is 5.97 Å². The quantitative estimate of drug-likeness (QED) is 0.806. The minimum Gasteiger partial charge on any atom is -0.478 e. The number of nitrogens with zero attached hydrogens (tertiary/aromatic N) is 2. The van der Waals surface area contributed by atoms with Gasteiger partial charge in [0.05, 0.1) is 5.56 Å². The molecule has 1 heterocycles. The van der Waals surface area contributed by atoms with Gasteiger partial charge < -0.3 is 10.0 Å². The Hall–Kier alpha value is -1.29. The zero-order valence-electron chi connectivity index (χ0n) is 10.4. The van der Waals surface area contributed by atoms with Gasteiger partial charge in [0.2, 0.25) is 0 Å². The van der Waals surface area contributed by atoms with Crippen molar-refractivity contribution >= 4 is 23.4 Å². The molecule has 0 amide bonds. The minimum atomic E-state index is -0.969. The lowest BCUT2D eigenvalue weighted by Crippen LogP contribution is -2.27. The molecule has 1 saturated carbocycles. The number of aromatic carboxylic acids is 1. The Bertz CT molecular complexity index is 447. The molecule has 5 heteroatoms. The normalized spacial score (nSPS) is 14.6. The molecule has 0 saturated heterocycles. The summed E-state index contributed by atoms with van der Waals surface area (Å²) < 4.78 is 0. The molecule has 1 aromatic rings. The number of pyridine rings is 1. The van der Waals surface area contributed by atoms with E-state index in [1.165, 1.54) is 18.9 Å². The fourth-order valence-electron chi connectivity index (χ4n) is 1.95. The first-order valence-electron chi connectivity index (χ1n) is 6.26. The molecule has 0 aliphatic heterocycles. The highest BCUT2D eigenvalue weighted by Crippen LogP contribution is 2.31. The second-order valence-electron chi connectivity index (χ2n) is 4.73. The Morgan fingerprint density at radius 2 is 2.28 bits per heavy atom. The summed E-state index contributed by atoms with van der Waals surface area (Å²) in [5.74, 6) is 0.433. The van der Waals surface area contributed by atoms with Crippen LogP contribution in [-0.4, -0.2) is 29.1 Å². The molecule has 2 rings (SSSR count). The Labute approximate surface area is 112 Å². The molecule has 98 valence electrons. The lowest BCUT2D eigenvalue weighted by molar-refractivity contribution is 0.0697. The van der Waals surface area contributed by atoms with E-state index in [1.807, 2.05) is 0 Å². The van der Waals surface area contributed by atoms with Crippen LogP contribution < -0.4 is 4.90 Å². The van der Waals surface area contributed by atoms with Gasteiger partial charge >= 0.3 is 5.97 Å². The average Bonchev–Trinajstić information content (AvgIpc) is 3.11. The summed E-state index contributed by atoms with van der Waals surface area (Å²) in [7, 11) is 0. The highest BCUT2D eigenvalue weighted by Gasteiger charge is 2.25. The monoisotopic (exact) mass is 268 g/mol. The van der Waals surface area contributed by atoms with Crippen LogP contribution in [0.2, 0.25) is 5.15 Å².